The van der Waals surface area contributed by atoms with Crippen LogP contribution in [0.15, 0.2) is 24.3 Å². The number of aromatic nitrogens is 2. The van der Waals surface area contributed by atoms with E-state index in [2.05, 4.69) is 11.2 Å². The molecule has 0 atom stereocenters. The average molecular weight is 294 g/mol. The molecular weight excluding hydrogens is 281 g/mol. The normalized spacial score (nSPS) is 10.4. The van der Waals surface area contributed by atoms with Gasteiger partial charge in [0.15, 0.2) is 0 Å². The van der Waals surface area contributed by atoms with Crippen LogP contribution in [-0.2, 0) is 13.0 Å². The predicted octanol–water partition coefficient (Wildman–Crippen LogP) is 4.06. The summed E-state index contributed by atoms with van der Waals surface area (Å²) in [6.07, 6.45) is 1.67. The highest BCUT2D eigenvalue weighted by Gasteiger charge is 2.16. The molecule has 0 bridgehead atoms. The third-order valence-corrected chi connectivity index (χ3v) is 3.59. The number of rotatable bonds is 4. The third kappa shape index (κ3) is 2.91. The van der Waals surface area contributed by atoms with Crippen molar-refractivity contribution < 1.29 is 0 Å². The van der Waals surface area contributed by atoms with Gasteiger partial charge in [0.1, 0.15) is 16.8 Å². The number of nitrogens with zero attached hydrogens (tertiary/aromatic N) is 3. The van der Waals surface area contributed by atoms with Crippen molar-refractivity contribution in [3.05, 3.63) is 51.3 Å². The quantitative estimate of drug-likeness (QED) is 0.853. The second kappa shape index (κ2) is 6.10. The number of aryl methyl sites for hydroxylation is 1. The Balaban J connectivity index is 2.36. The maximum absolute atomic E-state index is 9.15. The van der Waals surface area contributed by atoms with Gasteiger partial charge < -0.3 is 0 Å². The molecule has 1 heterocycles. The average Bonchev–Trinajstić information content (AvgIpc) is 2.69. The van der Waals surface area contributed by atoms with Crippen LogP contribution in [0, 0.1) is 11.3 Å². The fourth-order valence-corrected chi connectivity index (χ4v) is 2.35. The van der Waals surface area contributed by atoms with Crippen LogP contribution in [-0.4, -0.2) is 9.78 Å². The Morgan fingerprint density at radius 3 is 2.68 bits per heavy atom. The maximum atomic E-state index is 9.15. The van der Waals surface area contributed by atoms with E-state index >= 15 is 0 Å². The molecular formula is C14H13Cl2N3. The van der Waals surface area contributed by atoms with E-state index in [0.717, 1.165) is 24.1 Å². The molecule has 19 heavy (non-hydrogen) atoms. The highest BCUT2D eigenvalue weighted by Crippen LogP contribution is 2.23. The number of hydrogen-bond acceptors (Lipinski definition) is 2. The molecule has 5 heteroatoms. The van der Waals surface area contributed by atoms with Gasteiger partial charge >= 0.3 is 0 Å². The van der Waals surface area contributed by atoms with Crippen LogP contribution in [0.2, 0.25) is 10.2 Å². The van der Waals surface area contributed by atoms with Gasteiger partial charge in [-0.15, -0.1) is 0 Å². The predicted molar refractivity (Wildman–Crippen MR) is 76.5 cm³/mol. The zero-order chi connectivity index (χ0) is 13.8. The van der Waals surface area contributed by atoms with Gasteiger partial charge in [-0.2, -0.15) is 10.4 Å². The minimum absolute atomic E-state index is 0.380. The molecule has 0 radical (unpaired) electrons. The Hall–Kier alpha value is -1.50. The van der Waals surface area contributed by atoms with Gasteiger partial charge in [0, 0.05) is 5.02 Å². The fraction of sp³-hybridized carbons (Fsp3) is 0.286. The number of nitriles is 1. The van der Waals surface area contributed by atoms with E-state index in [4.69, 9.17) is 28.5 Å². The summed E-state index contributed by atoms with van der Waals surface area (Å²) in [5.74, 6) is 0. The van der Waals surface area contributed by atoms with E-state index in [0.29, 0.717) is 22.3 Å². The van der Waals surface area contributed by atoms with Crippen molar-refractivity contribution in [3.8, 4) is 6.07 Å². The molecule has 0 aliphatic rings. The lowest BCUT2D eigenvalue weighted by atomic mass is 10.2. The topological polar surface area (TPSA) is 41.6 Å². The van der Waals surface area contributed by atoms with Gasteiger partial charge in [-0.3, -0.25) is 0 Å². The molecule has 1 aromatic heterocycles. The van der Waals surface area contributed by atoms with E-state index in [-0.39, 0.29) is 0 Å². The van der Waals surface area contributed by atoms with E-state index in [1.807, 2.05) is 31.2 Å². The summed E-state index contributed by atoms with van der Waals surface area (Å²) in [6, 6.07) is 9.66. The lowest BCUT2D eigenvalue weighted by Crippen LogP contribution is -2.03. The zero-order valence-corrected chi connectivity index (χ0v) is 12.0. The third-order valence-electron chi connectivity index (χ3n) is 2.84. The molecule has 2 aromatic rings. The Bertz CT molecular complexity index is 626. The first-order valence-corrected chi connectivity index (χ1v) is 6.81. The fourth-order valence-electron chi connectivity index (χ4n) is 1.90. The Labute approximate surface area is 122 Å². The van der Waals surface area contributed by atoms with Gasteiger partial charge in [-0.05, 0) is 18.1 Å². The molecule has 2 rings (SSSR count). The Morgan fingerprint density at radius 2 is 2.05 bits per heavy atom. The van der Waals surface area contributed by atoms with E-state index in [1.54, 1.807) is 4.68 Å². The highest BCUT2D eigenvalue weighted by molar-refractivity contribution is 6.31. The van der Waals surface area contributed by atoms with Crippen molar-refractivity contribution in [2.24, 2.45) is 0 Å². The molecule has 3 nitrogen and oxygen atoms in total. The van der Waals surface area contributed by atoms with Crippen LogP contribution in [0.5, 0.6) is 0 Å². The second-order valence-corrected chi connectivity index (χ2v) is 4.99. The standard InChI is InChI=1S/C14H13Cl2N3/c1-2-5-13-11(8-17)14(16)19(18-13)9-10-6-3-4-7-12(10)15/h3-4,6-7H,2,5,9H2,1H3. The number of benzene rings is 1. The van der Waals surface area contributed by atoms with Gasteiger partial charge in [-0.1, -0.05) is 54.7 Å². The largest absolute Gasteiger partial charge is 0.248 e. The molecule has 0 saturated heterocycles. The summed E-state index contributed by atoms with van der Waals surface area (Å²) in [5, 5.41) is 14.6. The summed E-state index contributed by atoms with van der Waals surface area (Å²) < 4.78 is 1.63. The molecule has 0 aliphatic carbocycles. The van der Waals surface area contributed by atoms with Gasteiger partial charge in [-0.25, -0.2) is 4.68 Å². The minimum atomic E-state index is 0.380. The molecule has 0 unspecified atom stereocenters. The van der Waals surface area contributed by atoms with Crippen LogP contribution >= 0.6 is 23.2 Å². The summed E-state index contributed by atoms with van der Waals surface area (Å²) in [4.78, 5) is 0. The SMILES string of the molecule is CCCc1nn(Cc2ccccc2Cl)c(Cl)c1C#N. The van der Waals surface area contributed by atoms with Crippen molar-refractivity contribution in [1.29, 1.82) is 5.26 Å². The van der Waals surface area contributed by atoms with Crippen molar-refractivity contribution in [2.75, 3.05) is 0 Å². The van der Waals surface area contributed by atoms with E-state index < -0.39 is 0 Å². The summed E-state index contributed by atoms with van der Waals surface area (Å²) >= 11 is 12.3. The van der Waals surface area contributed by atoms with Crippen molar-refractivity contribution in [3.63, 3.8) is 0 Å². The molecule has 98 valence electrons. The van der Waals surface area contributed by atoms with Crippen molar-refractivity contribution >= 4 is 23.2 Å². The Morgan fingerprint density at radius 1 is 1.32 bits per heavy atom. The minimum Gasteiger partial charge on any atom is -0.248 e. The van der Waals surface area contributed by atoms with Crippen LogP contribution in [0.1, 0.15) is 30.2 Å². The summed E-state index contributed by atoms with van der Waals surface area (Å²) in [6.45, 7) is 2.51. The first kappa shape index (κ1) is 13.9. The second-order valence-electron chi connectivity index (χ2n) is 4.22. The van der Waals surface area contributed by atoms with E-state index in [9.17, 15) is 0 Å². The van der Waals surface area contributed by atoms with Crippen LogP contribution in [0.3, 0.4) is 0 Å². The Kier molecular flexibility index (Phi) is 4.47. The molecule has 0 N–H and O–H groups in total. The molecule has 1 aromatic carbocycles. The first-order chi connectivity index (χ1) is 9.17. The number of halogens is 2. The summed E-state index contributed by atoms with van der Waals surface area (Å²) in [5.41, 5.74) is 2.15. The van der Waals surface area contributed by atoms with Gasteiger partial charge in [0.25, 0.3) is 0 Å². The van der Waals surface area contributed by atoms with Crippen LogP contribution in [0.4, 0.5) is 0 Å². The highest BCUT2D eigenvalue weighted by atomic mass is 35.5. The molecule has 0 saturated carbocycles. The van der Waals surface area contributed by atoms with Gasteiger partial charge in [0.05, 0.1) is 12.2 Å². The molecule has 0 spiro atoms. The summed E-state index contributed by atoms with van der Waals surface area (Å²) in [7, 11) is 0. The van der Waals surface area contributed by atoms with Gasteiger partial charge in [0.2, 0.25) is 0 Å². The molecule has 0 aliphatic heterocycles. The van der Waals surface area contributed by atoms with Crippen LogP contribution < -0.4 is 0 Å². The van der Waals surface area contributed by atoms with Crippen molar-refractivity contribution in [2.45, 2.75) is 26.3 Å². The molecule has 0 fully saturated rings. The van der Waals surface area contributed by atoms with E-state index in [1.165, 1.54) is 0 Å². The molecule has 0 amide bonds. The first-order valence-electron chi connectivity index (χ1n) is 6.06. The zero-order valence-electron chi connectivity index (χ0n) is 10.5. The lowest BCUT2D eigenvalue weighted by molar-refractivity contribution is 0.669. The maximum Gasteiger partial charge on any atom is 0.145 e. The number of hydrogen-bond donors (Lipinski definition) is 0. The smallest absolute Gasteiger partial charge is 0.145 e. The monoisotopic (exact) mass is 293 g/mol. The lowest BCUT2D eigenvalue weighted by Gasteiger charge is -2.05. The van der Waals surface area contributed by atoms with Crippen LogP contribution in [0.25, 0.3) is 0 Å². The van der Waals surface area contributed by atoms with Crippen molar-refractivity contribution in [1.82, 2.24) is 9.78 Å².